The Morgan fingerprint density at radius 3 is 2.69 bits per heavy atom. The van der Waals surface area contributed by atoms with Crippen LogP contribution in [0.4, 0.5) is 10.2 Å². The maximum absolute atomic E-state index is 16.2. The van der Waals surface area contributed by atoms with Crippen molar-refractivity contribution in [2.75, 3.05) is 71.0 Å². The van der Waals surface area contributed by atoms with E-state index >= 15 is 4.39 Å². The molecule has 0 radical (unpaired) electrons. The Morgan fingerprint density at radius 2 is 1.88 bits per heavy atom. The van der Waals surface area contributed by atoms with Crippen molar-refractivity contribution >= 4 is 45.0 Å². The molecule has 2 aliphatic heterocycles. The molecule has 0 saturated carbocycles. The van der Waals surface area contributed by atoms with Gasteiger partial charge in [0.2, 0.25) is 5.91 Å². The normalized spacial score (nSPS) is 16.8. The molecular formula is C31H32ClFN6O3. The van der Waals surface area contributed by atoms with Crippen LogP contribution in [0.3, 0.4) is 0 Å². The zero-order valence-electron chi connectivity index (χ0n) is 23.4. The monoisotopic (exact) mass is 590 g/mol. The van der Waals surface area contributed by atoms with Gasteiger partial charge in [0.05, 0.1) is 19.1 Å². The van der Waals surface area contributed by atoms with Gasteiger partial charge in [-0.2, -0.15) is 9.97 Å². The minimum Gasteiger partial charge on any atom is -0.467 e. The number of piperazine rings is 1. The lowest BCUT2D eigenvalue weighted by Crippen LogP contribution is -2.48. The molecule has 2 aromatic carbocycles. The van der Waals surface area contributed by atoms with Gasteiger partial charge >= 0.3 is 6.01 Å². The predicted octanol–water partition coefficient (Wildman–Crippen LogP) is 4.57. The summed E-state index contributed by atoms with van der Waals surface area (Å²) in [5, 5.41) is 2.61. The summed E-state index contributed by atoms with van der Waals surface area (Å²) in [5.74, 6) is -0.0643. The predicted molar refractivity (Wildman–Crippen MR) is 162 cm³/mol. The summed E-state index contributed by atoms with van der Waals surface area (Å²) in [6, 6.07) is 11.2. The summed E-state index contributed by atoms with van der Waals surface area (Å²) in [6.45, 7) is 6.17. The topological polar surface area (TPSA) is 83.9 Å². The number of pyridine rings is 1. The number of carbonyl (C=O) groups excluding carboxylic acids is 1. The summed E-state index contributed by atoms with van der Waals surface area (Å²) in [6.07, 6.45) is 6.19. The van der Waals surface area contributed by atoms with E-state index in [1.165, 1.54) is 7.11 Å². The summed E-state index contributed by atoms with van der Waals surface area (Å²) in [7, 11) is 1.46. The third-order valence-corrected chi connectivity index (χ3v) is 8.08. The molecule has 0 atom stereocenters. The molecule has 2 aliphatic rings. The number of nitrogens with zero attached hydrogens (tertiary/aromatic N) is 6. The Hall–Kier alpha value is -3.86. The number of aromatic nitrogens is 3. The molecule has 4 heterocycles. The highest BCUT2D eigenvalue weighted by Crippen LogP contribution is 2.37. The van der Waals surface area contributed by atoms with Crippen LogP contribution >= 0.6 is 11.6 Å². The summed E-state index contributed by atoms with van der Waals surface area (Å²) in [5.41, 5.74) is 0.857. The quantitative estimate of drug-likeness (QED) is 0.302. The fourth-order valence-electron chi connectivity index (χ4n) is 5.56. The summed E-state index contributed by atoms with van der Waals surface area (Å²) >= 11 is 6.52. The number of rotatable bonds is 6. The number of methoxy groups -OCH3 is 1. The molecule has 0 aliphatic carbocycles. The number of anilines is 1. The Labute approximate surface area is 248 Å². The molecule has 0 bridgehead atoms. The highest BCUT2D eigenvalue weighted by molar-refractivity contribution is 6.36. The number of ether oxygens (including phenoxy) is 2. The molecule has 2 aromatic heterocycles. The number of halogens is 2. The number of hydrogen-bond donors (Lipinski definition) is 0. The van der Waals surface area contributed by atoms with Gasteiger partial charge in [-0.3, -0.25) is 14.7 Å². The van der Waals surface area contributed by atoms with Gasteiger partial charge in [-0.05, 0) is 17.9 Å². The van der Waals surface area contributed by atoms with Gasteiger partial charge in [0.15, 0.2) is 5.82 Å². The molecule has 2 fully saturated rings. The summed E-state index contributed by atoms with van der Waals surface area (Å²) < 4.78 is 27.0. The second-order valence-corrected chi connectivity index (χ2v) is 10.7. The van der Waals surface area contributed by atoms with E-state index in [-0.39, 0.29) is 23.1 Å². The van der Waals surface area contributed by atoms with Crippen molar-refractivity contribution in [1.29, 1.82) is 0 Å². The van der Waals surface area contributed by atoms with E-state index in [0.717, 1.165) is 50.0 Å². The van der Waals surface area contributed by atoms with Crippen LogP contribution in [0.25, 0.3) is 32.9 Å². The van der Waals surface area contributed by atoms with Gasteiger partial charge in [0.25, 0.3) is 0 Å². The average Bonchev–Trinajstić information content (AvgIpc) is 3.30. The molecule has 4 aromatic rings. The number of fused-ring (bicyclic) bond motifs is 2. The zero-order valence-corrected chi connectivity index (χ0v) is 24.2. The van der Waals surface area contributed by atoms with Crippen LogP contribution in [-0.2, 0) is 9.53 Å². The van der Waals surface area contributed by atoms with E-state index in [4.69, 9.17) is 21.1 Å². The van der Waals surface area contributed by atoms with Crippen LogP contribution in [0.2, 0.25) is 5.02 Å². The van der Waals surface area contributed by atoms with Crippen LogP contribution in [0.1, 0.15) is 6.42 Å². The Kier molecular flexibility index (Phi) is 8.46. The summed E-state index contributed by atoms with van der Waals surface area (Å²) in [4.78, 5) is 32.4. The molecule has 6 rings (SSSR count). The highest BCUT2D eigenvalue weighted by Gasteiger charge is 2.26. The minimum atomic E-state index is -0.572. The van der Waals surface area contributed by atoms with Crippen molar-refractivity contribution in [1.82, 2.24) is 24.8 Å². The van der Waals surface area contributed by atoms with E-state index in [1.807, 2.05) is 40.1 Å². The van der Waals surface area contributed by atoms with Crippen molar-refractivity contribution in [3.8, 4) is 17.3 Å². The van der Waals surface area contributed by atoms with Crippen LogP contribution in [0, 0.1) is 5.82 Å². The molecule has 11 heteroatoms. The molecule has 0 N–H and O–H groups in total. The lowest BCUT2D eigenvalue weighted by Gasteiger charge is -2.35. The number of hydrogen-bond acceptors (Lipinski definition) is 8. The lowest BCUT2D eigenvalue weighted by molar-refractivity contribution is -0.126. The van der Waals surface area contributed by atoms with Crippen molar-refractivity contribution in [3.63, 3.8) is 0 Å². The first kappa shape index (κ1) is 28.3. The average molecular weight is 591 g/mol. The molecule has 0 unspecified atom stereocenters. The molecule has 2 saturated heterocycles. The molecule has 218 valence electrons. The minimum absolute atomic E-state index is 0.0167. The molecule has 0 spiro atoms. The molecule has 42 heavy (non-hydrogen) atoms. The van der Waals surface area contributed by atoms with Gasteiger partial charge in [0.1, 0.15) is 17.0 Å². The number of benzene rings is 2. The number of carbonyl (C=O) groups is 1. The first-order valence-corrected chi connectivity index (χ1v) is 14.5. The molecular weight excluding hydrogens is 559 g/mol. The van der Waals surface area contributed by atoms with E-state index in [9.17, 15) is 4.79 Å². The Balaban J connectivity index is 1.23. The lowest BCUT2D eigenvalue weighted by atomic mass is 10.0. The third-order valence-electron chi connectivity index (χ3n) is 7.76. The van der Waals surface area contributed by atoms with Gasteiger partial charge in [0, 0.05) is 80.7 Å². The Morgan fingerprint density at radius 1 is 1.07 bits per heavy atom. The first-order chi connectivity index (χ1) is 20.5. The fraction of sp³-hybridized carbons (Fsp3) is 0.355. The van der Waals surface area contributed by atoms with Crippen molar-refractivity contribution in [2.45, 2.75) is 6.42 Å². The van der Waals surface area contributed by atoms with Crippen molar-refractivity contribution in [2.24, 2.45) is 0 Å². The molecule has 1 amide bonds. The SMILES string of the molecule is COc1nc(N2CCN(C(=O)/C=C/CN3CCCOCC3)CC2)c2cnc(-c3cccc4cccc(Cl)c34)c(F)c2n1. The smallest absolute Gasteiger partial charge is 0.318 e. The number of amides is 1. The van der Waals surface area contributed by atoms with E-state index in [0.29, 0.717) is 48.0 Å². The van der Waals surface area contributed by atoms with Crippen molar-refractivity contribution < 1.29 is 18.7 Å². The van der Waals surface area contributed by atoms with Gasteiger partial charge in [-0.25, -0.2) is 4.39 Å². The van der Waals surface area contributed by atoms with Crippen LogP contribution in [-0.4, -0.2) is 96.8 Å². The largest absolute Gasteiger partial charge is 0.467 e. The highest BCUT2D eigenvalue weighted by atomic mass is 35.5. The van der Waals surface area contributed by atoms with Crippen LogP contribution < -0.4 is 9.64 Å². The van der Waals surface area contributed by atoms with E-state index in [2.05, 4.69) is 19.9 Å². The molecule has 9 nitrogen and oxygen atoms in total. The van der Waals surface area contributed by atoms with E-state index < -0.39 is 5.82 Å². The van der Waals surface area contributed by atoms with Gasteiger partial charge in [-0.1, -0.05) is 48.0 Å². The van der Waals surface area contributed by atoms with Crippen molar-refractivity contribution in [3.05, 3.63) is 65.6 Å². The van der Waals surface area contributed by atoms with Gasteiger partial charge < -0.3 is 19.3 Å². The van der Waals surface area contributed by atoms with Crippen LogP contribution in [0.5, 0.6) is 6.01 Å². The maximum Gasteiger partial charge on any atom is 0.318 e. The standard InChI is InChI=1S/C31H32ClFN6O3/c1-41-31-35-29-23(20-34-28(27(29)33)22-8-2-6-21-7-3-9-24(32)26(21)22)30(36-31)39-15-13-38(14-16-39)25(40)10-4-11-37-12-5-18-42-19-17-37/h2-4,6-10,20H,5,11-19H2,1H3/b10-4+. The Bertz CT molecular complexity index is 1630. The second kappa shape index (κ2) is 12.6. The van der Waals surface area contributed by atoms with E-state index in [1.54, 1.807) is 24.4 Å². The second-order valence-electron chi connectivity index (χ2n) is 10.3. The van der Waals surface area contributed by atoms with Crippen LogP contribution in [0.15, 0.2) is 54.7 Å². The first-order valence-electron chi connectivity index (χ1n) is 14.1. The third kappa shape index (κ3) is 5.74. The fourth-order valence-corrected chi connectivity index (χ4v) is 5.84. The zero-order chi connectivity index (χ0) is 29.1. The maximum atomic E-state index is 16.2. The van der Waals surface area contributed by atoms with Gasteiger partial charge in [-0.15, -0.1) is 0 Å².